The summed E-state index contributed by atoms with van der Waals surface area (Å²) >= 11 is 5.11. The van der Waals surface area contributed by atoms with E-state index < -0.39 is 0 Å². The topological polar surface area (TPSA) is 29.3 Å². The lowest BCUT2D eigenvalue weighted by Gasteiger charge is -2.32. The van der Waals surface area contributed by atoms with E-state index in [1.165, 1.54) is 17.5 Å². The number of nitrogens with zero attached hydrogens (tertiary/aromatic N) is 1. The van der Waals surface area contributed by atoms with Gasteiger partial charge >= 0.3 is 0 Å². The molecule has 0 amide bonds. The minimum Gasteiger partial charge on any atom is -0.393 e. The second-order valence-corrected chi connectivity index (χ2v) is 5.37. The van der Waals surface area contributed by atoms with Crippen LogP contribution in [0, 0.1) is 12.8 Å². The monoisotopic (exact) mass is 248 g/mol. The predicted molar refractivity (Wildman–Crippen MR) is 76.0 cm³/mol. The third kappa shape index (κ3) is 3.27. The summed E-state index contributed by atoms with van der Waals surface area (Å²) in [6.45, 7) is 5.37. The van der Waals surface area contributed by atoms with Crippen molar-refractivity contribution >= 4 is 17.2 Å². The molecule has 1 saturated heterocycles. The van der Waals surface area contributed by atoms with Crippen molar-refractivity contribution in [3.05, 3.63) is 35.4 Å². The number of thiocarbonyl (C=S) groups is 1. The van der Waals surface area contributed by atoms with Gasteiger partial charge in [0.05, 0.1) is 4.99 Å². The molecule has 2 rings (SSSR count). The van der Waals surface area contributed by atoms with Crippen molar-refractivity contribution in [3.63, 3.8) is 0 Å². The van der Waals surface area contributed by atoms with Crippen molar-refractivity contribution in [2.24, 2.45) is 11.7 Å². The van der Waals surface area contributed by atoms with Gasteiger partial charge in [-0.1, -0.05) is 36.5 Å². The third-order valence-corrected chi connectivity index (χ3v) is 3.90. The second kappa shape index (κ2) is 5.61. The number of hydrogen-bond acceptors (Lipinski definition) is 2. The van der Waals surface area contributed by atoms with E-state index in [4.69, 9.17) is 18.0 Å². The van der Waals surface area contributed by atoms with Gasteiger partial charge in [-0.05, 0) is 37.4 Å². The van der Waals surface area contributed by atoms with Gasteiger partial charge in [0.15, 0.2) is 0 Å². The average molecular weight is 248 g/mol. The smallest absolute Gasteiger partial charge is 0.0771 e. The molecule has 2 N–H and O–H groups in total. The highest BCUT2D eigenvalue weighted by Crippen LogP contribution is 2.19. The van der Waals surface area contributed by atoms with E-state index in [0.717, 1.165) is 26.1 Å². The van der Waals surface area contributed by atoms with Crippen molar-refractivity contribution < 1.29 is 0 Å². The van der Waals surface area contributed by atoms with Crippen LogP contribution in [0.4, 0.5) is 0 Å². The van der Waals surface area contributed by atoms with E-state index in [9.17, 15) is 0 Å². The molecule has 3 heteroatoms. The third-order valence-electron chi connectivity index (χ3n) is 3.56. The molecule has 17 heavy (non-hydrogen) atoms. The van der Waals surface area contributed by atoms with Crippen molar-refractivity contribution in [1.29, 1.82) is 0 Å². The Morgan fingerprint density at radius 1 is 1.47 bits per heavy atom. The highest BCUT2D eigenvalue weighted by molar-refractivity contribution is 7.80. The van der Waals surface area contributed by atoms with Gasteiger partial charge in [-0.15, -0.1) is 0 Å². The maximum Gasteiger partial charge on any atom is 0.0771 e. The van der Waals surface area contributed by atoms with Crippen molar-refractivity contribution in [3.8, 4) is 0 Å². The summed E-state index contributed by atoms with van der Waals surface area (Å²) in [5, 5.41) is 0. The molecule has 0 spiro atoms. The van der Waals surface area contributed by atoms with Crippen LogP contribution < -0.4 is 5.73 Å². The van der Waals surface area contributed by atoms with E-state index in [-0.39, 0.29) is 0 Å². The van der Waals surface area contributed by atoms with Crippen LogP contribution in [-0.2, 0) is 6.54 Å². The zero-order chi connectivity index (χ0) is 12.3. The Hall–Kier alpha value is -0.930. The molecular formula is C14H20N2S. The van der Waals surface area contributed by atoms with E-state index in [1.54, 1.807) is 0 Å². The van der Waals surface area contributed by atoms with Crippen LogP contribution in [0.2, 0.25) is 0 Å². The SMILES string of the molecule is Cc1ccccc1CN1CCCC(C(N)=S)C1. The zero-order valence-corrected chi connectivity index (χ0v) is 11.2. The lowest BCUT2D eigenvalue weighted by molar-refractivity contribution is 0.197. The molecule has 1 aliphatic heterocycles. The van der Waals surface area contributed by atoms with Crippen LogP contribution in [0.1, 0.15) is 24.0 Å². The molecule has 0 saturated carbocycles. The normalized spacial score (nSPS) is 21.4. The first-order chi connectivity index (χ1) is 8.16. The van der Waals surface area contributed by atoms with Crippen LogP contribution in [-0.4, -0.2) is 23.0 Å². The molecule has 0 radical (unpaired) electrons. The Kier molecular flexibility index (Phi) is 4.13. The summed E-state index contributed by atoms with van der Waals surface area (Å²) in [4.78, 5) is 3.15. The number of benzene rings is 1. The largest absolute Gasteiger partial charge is 0.393 e. The molecule has 0 bridgehead atoms. The van der Waals surface area contributed by atoms with Gasteiger partial charge in [0.25, 0.3) is 0 Å². The molecule has 1 aromatic carbocycles. The quantitative estimate of drug-likeness (QED) is 0.833. The molecule has 1 fully saturated rings. The Balaban J connectivity index is 1.99. The first kappa shape index (κ1) is 12.5. The van der Waals surface area contributed by atoms with E-state index in [1.807, 2.05) is 0 Å². The molecule has 1 atom stereocenters. The zero-order valence-electron chi connectivity index (χ0n) is 10.4. The molecule has 1 heterocycles. The van der Waals surface area contributed by atoms with Crippen LogP contribution >= 0.6 is 12.2 Å². The summed E-state index contributed by atoms with van der Waals surface area (Å²) in [5.74, 6) is 0.405. The summed E-state index contributed by atoms with van der Waals surface area (Å²) < 4.78 is 0. The average Bonchev–Trinajstić information content (AvgIpc) is 2.32. The van der Waals surface area contributed by atoms with Gasteiger partial charge in [-0.25, -0.2) is 0 Å². The van der Waals surface area contributed by atoms with Crippen molar-refractivity contribution in [2.75, 3.05) is 13.1 Å². The number of rotatable bonds is 3. The molecule has 0 aromatic heterocycles. The highest BCUT2D eigenvalue weighted by Gasteiger charge is 2.21. The molecule has 92 valence electrons. The number of nitrogens with two attached hydrogens (primary N) is 1. The predicted octanol–water partition coefficient (Wildman–Crippen LogP) is 2.49. The number of likely N-dealkylation sites (tertiary alicyclic amines) is 1. The molecule has 0 aliphatic carbocycles. The van der Waals surface area contributed by atoms with Crippen LogP contribution in [0.25, 0.3) is 0 Å². The van der Waals surface area contributed by atoms with Gasteiger partial charge in [0, 0.05) is 19.0 Å². The van der Waals surface area contributed by atoms with Gasteiger partial charge in [0.1, 0.15) is 0 Å². The Bertz CT molecular complexity index is 403. The molecule has 1 aromatic rings. The van der Waals surface area contributed by atoms with Gasteiger partial charge in [-0.3, -0.25) is 4.90 Å². The minimum absolute atomic E-state index is 0.405. The Morgan fingerprint density at radius 3 is 2.94 bits per heavy atom. The lowest BCUT2D eigenvalue weighted by atomic mass is 9.97. The van der Waals surface area contributed by atoms with Gasteiger partial charge < -0.3 is 5.73 Å². The van der Waals surface area contributed by atoms with E-state index in [0.29, 0.717) is 10.9 Å². The van der Waals surface area contributed by atoms with Crippen molar-refractivity contribution in [1.82, 2.24) is 4.90 Å². The van der Waals surface area contributed by atoms with E-state index in [2.05, 4.69) is 36.1 Å². The summed E-state index contributed by atoms with van der Waals surface area (Å²) in [6.07, 6.45) is 2.35. The second-order valence-electron chi connectivity index (χ2n) is 4.90. The number of aryl methyl sites for hydroxylation is 1. The lowest BCUT2D eigenvalue weighted by Crippen LogP contribution is -2.40. The number of hydrogen-bond donors (Lipinski definition) is 1. The molecule has 1 aliphatic rings. The van der Waals surface area contributed by atoms with E-state index >= 15 is 0 Å². The van der Waals surface area contributed by atoms with Gasteiger partial charge in [-0.2, -0.15) is 0 Å². The molecule has 1 unspecified atom stereocenters. The Labute approximate surface area is 109 Å². The fourth-order valence-corrected chi connectivity index (χ4v) is 2.65. The fraction of sp³-hybridized carbons (Fsp3) is 0.500. The Morgan fingerprint density at radius 2 is 2.24 bits per heavy atom. The maximum atomic E-state index is 5.76. The van der Waals surface area contributed by atoms with Crippen LogP contribution in [0.3, 0.4) is 0 Å². The molecular weight excluding hydrogens is 228 g/mol. The van der Waals surface area contributed by atoms with Crippen molar-refractivity contribution in [2.45, 2.75) is 26.3 Å². The first-order valence-corrected chi connectivity index (χ1v) is 6.64. The standard InChI is InChI=1S/C14H20N2S/c1-11-5-2-3-6-12(11)9-16-8-4-7-13(10-16)14(15)17/h2-3,5-6,13H,4,7-10H2,1H3,(H2,15,17). The fourth-order valence-electron chi connectivity index (χ4n) is 2.46. The van der Waals surface area contributed by atoms with Crippen LogP contribution in [0.5, 0.6) is 0 Å². The summed E-state index contributed by atoms with van der Waals surface area (Å²) in [6, 6.07) is 8.58. The maximum absolute atomic E-state index is 5.76. The number of piperidine rings is 1. The first-order valence-electron chi connectivity index (χ1n) is 6.23. The van der Waals surface area contributed by atoms with Gasteiger partial charge in [0.2, 0.25) is 0 Å². The van der Waals surface area contributed by atoms with Crippen LogP contribution in [0.15, 0.2) is 24.3 Å². The summed E-state index contributed by atoms with van der Waals surface area (Å²) in [5.41, 5.74) is 8.54. The highest BCUT2D eigenvalue weighted by atomic mass is 32.1. The minimum atomic E-state index is 0.405. The summed E-state index contributed by atoms with van der Waals surface area (Å²) in [7, 11) is 0. The molecule has 2 nitrogen and oxygen atoms in total.